The molecule has 0 saturated carbocycles. The third kappa shape index (κ3) is 3.81. The lowest BCUT2D eigenvalue weighted by Crippen LogP contribution is -2.08. The van der Waals surface area contributed by atoms with E-state index in [1.807, 2.05) is 72.8 Å². The van der Waals surface area contributed by atoms with E-state index in [2.05, 4.69) is 0 Å². The highest BCUT2D eigenvalue weighted by Gasteiger charge is 2.17. The number of benzene rings is 3. The second kappa shape index (κ2) is 7.84. The second-order valence-corrected chi connectivity index (χ2v) is 6.19. The third-order valence-electron chi connectivity index (χ3n) is 4.28. The minimum Gasteiger partial charge on any atom is -0.493 e. The van der Waals surface area contributed by atoms with Crippen molar-refractivity contribution in [2.75, 3.05) is 7.11 Å². The van der Waals surface area contributed by atoms with Crippen LogP contribution in [0.5, 0.6) is 11.5 Å². The molecule has 0 spiro atoms. The smallest absolute Gasteiger partial charge is 0.379 e. The van der Waals surface area contributed by atoms with Crippen molar-refractivity contribution >= 4 is 29.1 Å². The van der Waals surface area contributed by atoms with Crippen LogP contribution in [0.1, 0.15) is 21.7 Å². The van der Waals surface area contributed by atoms with Crippen LogP contribution < -0.4 is 9.47 Å². The number of esters is 1. The summed E-state index contributed by atoms with van der Waals surface area (Å²) in [7, 11) is 1.54. The van der Waals surface area contributed by atoms with E-state index in [-0.39, 0.29) is 5.76 Å². The zero-order valence-electron chi connectivity index (χ0n) is 15.3. The topological polar surface area (TPSA) is 48.7 Å². The Balaban J connectivity index is 1.54. The van der Waals surface area contributed by atoms with Crippen LogP contribution in [0.2, 0.25) is 0 Å². The van der Waals surface area contributed by atoms with Gasteiger partial charge in [-0.15, -0.1) is 0 Å². The fraction of sp³-hybridized carbons (Fsp3) is 0.0417. The highest BCUT2D eigenvalue weighted by molar-refractivity contribution is 5.94. The summed E-state index contributed by atoms with van der Waals surface area (Å²) < 4.78 is 16.4. The summed E-state index contributed by atoms with van der Waals surface area (Å²) in [6.45, 7) is 0. The van der Waals surface area contributed by atoms with Crippen LogP contribution >= 0.6 is 0 Å². The van der Waals surface area contributed by atoms with Crippen LogP contribution in [-0.2, 0) is 0 Å². The van der Waals surface area contributed by atoms with Crippen molar-refractivity contribution < 1.29 is 18.7 Å². The lowest BCUT2D eigenvalue weighted by molar-refractivity contribution is 0.0699. The molecule has 0 unspecified atom stereocenters. The standard InChI is InChI=1S/C24H18O4/c1-26-22-15-18(12-11-17-7-3-2-4-8-17)13-14-21(22)28-24(25)23-16-19-9-5-6-10-20(19)27-23/h2-16H,1H3/b12-11+. The predicted molar refractivity (Wildman–Crippen MR) is 110 cm³/mol. The van der Waals surface area contributed by atoms with E-state index < -0.39 is 5.97 Å². The Labute approximate surface area is 162 Å². The van der Waals surface area contributed by atoms with Crippen LogP contribution in [0.4, 0.5) is 0 Å². The van der Waals surface area contributed by atoms with Gasteiger partial charge in [-0.05, 0) is 35.4 Å². The van der Waals surface area contributed by atoms with Gasteiger partial charge in [-0.2, -0.15) is 0 Å². The maximum absolute atomic E-state index is 12.5. The molecule has 0 amide bonds. The monoisotopic (exact) mass is 370 g/mol. The normalized spacial score (nSPS) is 11.0. The number of para-hydroxylation sites is 1. The van der Waals surface area contributed by atoms with Crippen molar-refractivity contribution in [3.8, 4) is 11.5 Å². The summed E-state index contributed by atoms with van der Waals surface area (Å²) in [5.41, 5.74) is 2.67. The number of ether oxygens (including phenoxy) is 2. The molecule has 0 saturated heterocycles. The fourth-order valence-electron chi connectivity index (χ4n) is 2.86. The van der Waals surface area contributed by atoms with E-state index in [1.165, 1.54) is 0 Å². The lowest BCUT2D eigenvalue weighted by atomic mass is 10.1. The Kier molecular flexibility index (Phi) is 4.93. The molecule has 0 aliphatic heterocycles. The van der Waals surface area contributed by atoms with Crippen molar-refractivity contribution in [1.29, 1.82) is 0 Å². The van der Waals surface area contributed by atoms with Gasteiger partial charge in [0.1, 0.15) is 5.58 Å². The van der Waals surface area contributed by atoms with Crippen LogP contribution in [0.25, 0.3) is 23.1 Å². The highest BCUT2D eigenvalue weighted by Crippen LogP contribution is 2.30. The van der Waals surface area contributed by atoms with Gasteiger partial charge in [0.05, 0.1) is 7.11 Å². The van der Waals surface area contributed by atoms with Crippen molar-refractivity contribution in [3.05, 3.63) is 95.7 Å². The predicted octanol–water partition coefficient (Wildman–Crippen LogP) is 5.83. The van der Waals surface area contributed by atoms with Gasteiger partial charge in [0.15, 0.2) is 11.5 Å². The number of carbonyl (C=O) groups excluding carboxylic acids is 1. The van der Waals surface area contributed by atoms with Crippen LogP contribution in [-0.4, -0.2) is 13.1 Å². The number of methoxy groups -OCH3 is 1. The van der Waals surface area contributed by atoms with Gasteiger partial charge in [0, 0.05) is 5.39 Å². The summed E-state index contributed by atoms with van der Waals surface area (Å²) >= 11 is 0. The fourth-order valence-corrected chi connectivity index (χ4v) is 2.86. The molecule has 3 aromatic carbocycles. The van der Waals surface area contributed by atoms with Crippen molar-refractivity contribution in [2.45, 2.75) is 0 Å². The molecule has 0 bridgehead atoms. The Bertz CT molecular complexity index is 1110. The number of fused-ring (bicyclic) bond motifs is 1. The minimum atomic E-state index is -0.568. The van der Waals surface area contributed by atoms with Gasteiger partial charge in [-0.1, -0.05) is 66.7 Å². The van der Waals surface area contributed by atoms with Gasteiger partial charge in [0.25, 0.3) is 0 Å². The summed E-state index contributed by atoms with van der Waals surface area (Å²) in [5, 5.41) is 0.850. The largest absolute Gasteiger partial charge is 0.493 e. The Morgan fingerprint density at radius 1 is 0.821 bits per heavy atom. The molecule has 0 atom stereocenters. The molecular formula is C24H18O4. The molecule has 4 heteroatoms. The van der Waals surface area contributed by atoms with Crippen LogP contribution in [0.15, 0.2) is 83.3 Å². The zero-order chi connectivity index (χ0) is 19.3. The molecule has 0 radical (unpaired) electrons. The summed E-state index contributed by atoms with van der Waals surface area (Å²) in [6.07, 6.45) is 3.98. The first kappa shape index (κ1) is 17.6. The summed E-state index contributed by atoms with van der Waals surface area (Å²) in [6, 6.07) is 24.5. The molecule has 4 nitrogen and oxygen atoms in total. The zero-order valence-corrected chi connectivity index (χ0v) is 15.3. The minimum absolute atomic E-state index is 0.149. The van der Waals surface area contributed by atoms with E-state index >= 15 is 0 Å². The first-order chi connectivity index (χ1) is 13.7. The molecule has 4 rings (SSSR count). The van der Waals surface area contributed by atoms with E-state index in [0.29, 0.717) is 17.1 Å². The lowest BCUT2D eigenvalue weighted by Gasteiger charge is -2.09. The molecule has 4 aromatic rings. The third-order valence-corrected chi connectivity index (χ3v) is 4.28. The molecule has 0 fully saturated rings. The van der Waals surface area contributed by atoms with Crippen molar-refractivity contribution in [3.63, 3.8) is 0 Å². The Morgan fingerprint density at radius 3 is 2.36 bits per heavy atom. The van der Waals surface area contributed by atoms with E-state index in [1.54, 1.807) is 25.3 Å². The van der Waals surface area contributed by atoms with Gasteiger partial charge in [0.2, 0.25) is 5.76 Å². The first-order valence-electron chi connectivity index (χ1n) is 8.85. The number of furan rings is 1. The Hall–Kier alpha value is -3.79. The van der Waals surface area contributed by atoms with Crippen molar-refractivity contribution in [1.82, 2.24) is 0 Å². The van der Waals surface area contributed by atoms with Crippen molar-refractivity contribution in [2.24, 2.45) is 0 Å². The average Bonchev–Trinajstić information content (AvgIpc) is 3.18. The van der Waals surface area contributed by atoms with Crippen LogP contribution in [0, 0.1) is 0 Å². The second-order valence-electron chi connectivity index (χ2n) is 6.19. The van der Waals surface area contributed by atoms with Gasteiger partial charge in [-0.3, -0.25) is 0 Å². The van der Waals surface area contributed by atoms with E-state index in [9.17, 15) is 4.79 Å². The molecule has 0 aliphatic carbocycles. The quantitative estimate of drug-likeness (QED) is 0.252. The molecule has 1 aromatic heterocycles. The average molecular weight is 370 g/mol. The maximum Gasteiger partial charge on any atom is 0.379 e. The SMILES string of the molecule is COc1cc(/C=C/c2ccccc2)ccc1OC(=O)c1cc2ccccc2o1. The van der Waals surface area contributed by atoms with Gasteiger partial charge < -0.3 is 13.9 Å². The molecule has 0 N–H and O–H groups in total. The molecule has 0 aliphatic rings. The van der Waals surface area contributed by atoms with E-state index in [0.717, 1.165) is 16.5 Å². The molecule has 28 heavy (non-hydrogen) atoms. The summed E-state index contributed by atoms with van der Waals surface area (Å²) in [4.78, 5) is 12.5. The Morgan fingerprint density at radius 2 is 1.57 bits per heavy atom. The highest BCUT2D eigenvalue weighted by atomic mass is 16.6. The number of rotatable bonds is 5. The summed E-state index contributed by atoms with van der Waals surface area (Å²) in [5.74, 6) is 0.392. The van der Waals surface area contributed by atoms with Crippen LogP contribution in [0.3, 0.4) is 0 Å². The van der Waals surface area contributed by atoms with Gasteiger partial charge in [-0.25, -0.2) is 4.79 Å². The van der Waals surface area contributed by atoms with Gasteiger partial charge >= 0.3 is 5.97 Å². The number of carbonyl (C=O) groups is 1. The van der Waals surface area contributed by atoms with E-state index in [4.69, 9.17) is 13.9 Å². The molecule has 1 heterocycles. The molecular weight excluding hydrogens is 352 g/mol. The maximum atomic E-state index is 12.5. The number of hydrogen-bond donors (Lipinski definition) is 0. The number of hydrogen-bond acceptors (Lipinski definition) is 4. The first-order valence-corrected chi connectivity index (χ1v) is 8.85. The molecule has 138 valence electrons.